The van der Waals surface area contributed by atoms with Gasteiger partial charge in [0.05, 0.1) is 12.7 Å². The zero-order chi connectivity index (χ0) is 10.1. The van der Waals surface area contributed by atoms with Crippen LogP contribution in [-0.4, -0.2) is 60.8 Å². The Kier molecular flexibility index (Phi) is 3.10. The summed E-state index contributed by atoms with van der Waals surface area (Å²) in [7, 11) is 0. The summed E-state index contributed by atoms with van der Waals surface area (Å²) in [5.41, 5.74) is 0. The molecule has 0 saturated carbocycles. The predicted molar refractivity (Wildman–Crippen MR) is 57.5 cm³/mol. The second-order valence-electron chi connectivity index (χ2n) is 4.56. The number of hydrogen-bond acceptors (Lipinski definition) is 3. The fraction of sp³-hybridized carbons (Fsp3) is 1.00. The van der Waals surface area contributed by atoms with Crippen molar-refractivity contribution in [3.05, 3.63) is 0 Å². The van der Waals surface area contributed by atoms with Crippen molar-refractivity contribution in [2.24, 2.45) is 0 Å². The van der Waals surface area contributed by atoms with Crippen LogP contribution in [0.25, 0.3) is 0 Å². The maximum Gasteiger partial charge on any atom is 0.0700 e. The molecule has 0 unspecified atom stereocenters. The first-order valence-corrected chi connectivity index (χ1v) is 5.82. The Balaban J connectivity index is 1.98. The molecule has 3 atom stereocenters. The summed E-state index contributed by atoms with van der Waals surface area (Å²) in [6.07, 6.45) is 0.402. The van der Waals surface area contributed by atoms with Gasteiger partial charge in [-0.15, -0.1) is 0 Å². The molecule has 3 heteroatoms. The van der Waals surface area contributed by atoms with Crippen molar-refractivity contribution in [2.45, 2.75) is 39.0 Å². The summed E-state index contributed by atoms with van der Waals surface area (Å²) in [6.45, 7) is 12.4. The third kappa shape index (κ3) is 1.81. The third-order valence-corrected chi connectivity index (χ3v) is 3.81. The van der Waals surface area contributed by atoms with Crippen LogP contribution in [0.5, 0.6) is 0 Å². The standard InChI is InChI=1S/C11H22N2O/c1-4-12-5-6-13-9(2)10(3)14-8-11(13)7-12/h9-11H,4-8H2,1-3H3/t9-,10+,11-/m1/s1. The van der Waals surface area contributed by atoms with Gasteiger partial charge in [0, 0.05) is 31.7 Å². The summed E-state index contributed by atoms with van der Waals surface area (Å²) >= 11 is 0. The molecule has 2 aliphatic heterocycles. The molecule has 3 nitrogen and oxygen atoms in total. The molecule has 0 aliphatic carbocycles. The average Bonchev–Trinajstić information content (AvgIpc) is 2.23. The molecule has 0 radical (unpaired) electrons. The van der Waals surface area contributed by atoms with E-state index in [1.165, 1.54) is 26.2 Å². The van der Waals surface area contributed by atoms with E-state index < -0.39 is 0 Å². The van der Waals surface area contributed by atoms with E-state index in [0.29, 0.717) is 18.2 Å². The van der Waals surface area contributed by atoms with Gasteiger partial charge in [0.25, 0.3) is 0 Å². The van der Waals surface area contributed by atoms with Crippen molar-refractivity contribution in [1.82, 2.24) is 9.80 Å². The van der Waals surface area contributed by atoms with Crippen LogP contribution in [0.4, 0.5) is 0 Å². The zero-order valence-electron chi connectivity index (χ0n) is 9.57. The first kappa shape index (κ1) is 10.4. The van der Waals surface area contributed by atoms with Gasteiger partial charge in [-0.1, -0.05) is 6.92 Å². The molecule has 0 bridgehead atoms. The lowest BCUT2D eigenvalue weighted by atomic mass is 10.0. The van der Waals surface area contributed by atoms with Gasteiger partial charge in [-0.25, -0.2) is 0 Å². The van der Waals surface area contributed by atoms with Crippen LogP contribution in [0.15, 0.2) is 0 Å². The lowest BCUT2D eigenvalue weighted by molar-refractivity contribution is -0.113. The molecule has 0 amide bonds. The quantitative estimate of drug-likeness (QED) is 0.620. The van der Waals surface area contributed by atoms with E-state index >= 15 is 0 Å². The van der Waals surface area contributed by atoms with E-state index in [4.69, 9.17) is 4.74 Å². The molecule has 0 N–H and O–H groups in total. The van der Waals surface area contributed by atoms with Gasteiger partial charge in [0.15, 0.2) is 0 Å². The number of rotatable bonds is 1. The van der Waals surface area contributed by atoms with Crippen molar-refractivity contribution >= 4 is 0 Å². The third-order valence-electron chi connectivity index (χ3n) is 3.81. The van der Waals surface area contributed by atoms with Crippen molar-refractivity contribution in [3.8, 4) is 0 Å². The molecule has 2 aliphatic rings. The minimum Gasteiger partial charge on any atom is -0.375 e. The van der Waals surface area contributed by atoms with Gasteiger partial charge < -0.3 is 9.64 Å². The first-order chi connectivity index (χ1) is 6.72. The zero-order valence-corrected chi connectivity index (χ0v) is 9.57. The van der Waals surface area contributed by atoms with Crippen LogP contribution in [0, 0.1) is 0 Å². The lowest BCUT2D eigenvalue weighted by Crippen LogP contribution is -2.63. The van der Waals surface area contributed by atoms with Gasteiger partial charge in [-0.2, -0.15) is 0 Å². The highest BCUT2D eigenvalue weighted by Gasteiger charge is 2.36. The summed E-state index contributed by atoms with van der Waals surface area (Å²) in [5.74, 6) is 0. The Morgan fingerprint density at radius 1 is 1.29 bits per heavy atom. The molecular formula is C11H22N2O. The molecule has 0 spiro atoms. The van der Waals surface area contributed by atoms with Gasteiger partial charge in [-0.05, 0) is 20.4 Å². The van der Waals surface area contributed by atoms with Crippen LogP contribution in [-0.2, 0) is 4.74 Å². The van der Waals surface area contributed by atoms with E-state index in [0.717, 1.165) is 6.61 Å². The summed E-state index contributed by atoms with van der Waals surface area (Å²) in [6, 6.07) is 1.22. The molecule has 2 fully saturated rings. The SMILES string of the molecule is CCN1CCN2[C@@H](CO[C@@H](C)[C@H]2C)C1. The summed E-state index contributed by atoms with van der Waals surface area (Å²) < 4.78 is 5.78. The lowest BCUT2D eigenvalue weighted by Gasteiger charge is -2.49. The monoisotopic (exact) mass is 198 g/mol. The van der Waals surface area contributed by atoms with Gasteiger partial charge in [0.2, 0.25) is 0 Å². The first-order valence-electron chi connectivity index (χ1n) is 5.82. The molecule has 2 heterocycles. The van der Waals surface area contributed by atoms with Crippen LogP contribution in [0.1, 0.15) is 20.8 Å². The molecule has 0 aromatic rings. The van der Waals surface area contributed by atoms with Crippen molar-refractivity contribution < 1.29 is 4.74 Å². The fourth-order valence-electron chi connectivity index (χ4n) is 2.58. The Hall–Kier alpha value is -0.120. The van der Waals surface area contributed by atoms with Gasteiger partial charge in [0.1, 0.15) is 0 Å². The van der Waals surface area contributed by atoms with Gasteiger partial charge in [-0.3, -0.25) is 4.90 Å². The van der Waals surface area contributed by atoms with Crippen LogP contribution in [0.3, 0.4) is 0 Å². The Bertz CT molecular complexity index is 198. The largest absolute Gasteiger partial charge is 0.375 e. The average molecular weight is 198 g/mol. The van der Waals surface area contributed by atoms with Gasteiger partial charge >= 0.3 is 0 Å². The second-order valence-corrected chi connectivity index (χ2v) is 4.56. The molecule has 82 valence electrons. The number of likely N-dealkylation sites (N-methyl/N-ethyl adjacent to an activating group) is 1. The Morgan fingerprint density at radius 3 is 2.79 bits per heavy atom. The number of morpholine rings is 1. The van der Waals surface area contributed by atoms with Crippen molar-refractivity contribution in [3.63, 3.8) is 0 Å². The normalized spacial score (nSPS) is 40.9. The van der Waals surface area contributed by atoms with E-state index in [-0.39, 0.29) is 0 Å². The van der Waals surface area contributed by atoms with E-state index in [2.05, 4.69) is 30.6 Å². The minimum atomic E-state index is 0.402. The highest BCUT2D eigenvalue weighted by molar-refractivity contribution is 4.90. The molecule has 14 heavy (non-hydrogen) atoms. The number of hydrogen-bond donors (Lipinski definition) is 0. The summed E-state index contributed by atoms with van der Waals surface area (Å²) in [4.78, 5) is 5.15. The highest BCUT2D eigenvalue weighted by atomic mass is 16.5. The Labute approximate surface area is 87.0 Å². The van der Waals surface area contributed by atoms with Crippen molar-refractivity contribution in [1.29, 1.82) is 0 Å². The number of fused-ring (bicyclic) bond motifs is 1. The van der Waals surface area contributed by atoms with E-state index in [1.54, 1.807) is 0 Å². The molecule has 0 aromatic heterocycles. The number of ether oxygens (including phenoxy) is 1. The smallest absolute Gasteiger partial charge is 0.0700 e. The van der Waals surface area contributed by atoms with Crippen LogP contribution < -0.4 is 0 Å². The topological polar surface area (TPSA) is 15.7 Å². The molecule has 2 rings (SSSR count). The maximum atomic E-state index is 5.78. The predicted octanol–water partition coefficient (Wildman–Crippen LogP) is 0.800. The number of piperazine rings is 1. The van der Waals surface area contributed by atoms with Crippen molar-refractivity contribution in [2.75, 3.05) is 32.8 Å². The highest BCUT2D eigenvalue weighted by Crippen LogP contribution is 2.21. The van der Waals surface area contributed by atoms with Crippen LogP contribution in [0.2, 0.25) is 0 Å². The molecule has 0 aromatic carbocycles. The maximum absolute atomic E-state index is 5.78. The molecular weight excluding hydrogens is 176 g/mol. The minimum absolute atomic E-state index is 0.402. The molecule has 2 saturated heterocycles. The fourth-order valence-corrected chi connectivity index (χ4v) is 2.58. The summed E-state index contributed by atoms with van der Waals surface area (Å²) in [5, 5.41) is 0. The van der Waals surface area contributed by atoms with E-state index in [1.807, 2.05) is 0 Å². The number of nitrogens with zero attached hydrogens (tertiary/aromatic N) is 2. The van der Waals surface area contributed by atoms with Crippen LogP contribution >= 0.6 is 0 Å². The Morgan fingerprint density at radius 2 is 2.07 bits per heavy atom. The second kappa shape index (κ2) is 4.17. The van der Waals surface area contributed by atoms with E-state index in [9.17, 15) is 0 Å².